The average molecular weight is 212 g/mol. The Kier molecular flexibility index (Phi) is 4.42. The molecule has 0 aromatic carbocycles. The molecule has 0 amide bonds. The van der Waals surface area contributed by atoms with E-state index in [1.807, 2.05) is 0 Å². The Hall–Kier alpha value is -0.120. The highest BCUT2D eigenvalue weighted by Crippen LogP contribution is 2.24. The Morgan fingerprint density at radius 2 is 1.73 bits per heavy atom. The summed E-state index contributed by atoms with van der Waals surface area (Å²) in [5, 5.41) is 0. The second kappa shape index (κ2) is 5.83. The lowest BCUT2D eigenvalue weighted by atomic mass is 10.2. The van der Waals surface area contributed by atoms with Gasteiger partial charge in [-0.25, -0.2) is 0 Å². The molecule has 0 radical (unpaired) electrons. The van der Waals surface area contributed by atoms with Crippen LogP contribution >= 0.6 is 0 Å². The summed E-state index contributed by atoms with van der Waals surface area (Å²) in [6, 6.07) is 0.912. The lowest BCUT2D eigenvalue weighted by molar-refractivity contribution is 0.0760. The smallest absolute Gasteiger partial charge is 0.0589 e. The normalized spacial score (nSPS) is 26.2. The lowest BCUT2D eigenvalue weighted by Crippen LogP contribution is -2.50. The Balaban J connectivity index is 1.67. The standard InChI is InChI=1S/C12H24N2O/c1-15-11-10-13-6-8-14(9-7-13)12-4-2-3-5-12/h12H,2-11H2,1H3. The van der Waals surface area contributed by atoms with Gasteiger partial charge in [0.15, 0.2) is 0 Å². The van der Waals surface area contributed by atoms with Crippen LogP contribution in [0.15, 0.2) is 0 Å². The van der Waals surface area contributed by atoms with Crippen molar-refractivity contribution in [3.8, 4) is 0 Å². The highest BCUT2D eigenvalue weighted by atomic mass is 16.5. The van der Waals surface area contributed by atoms with Crippen LogP contribution in [-0.2, 0) is 4.74 Å². The van der Waals surface area contributed by atoms with Crippen molar-refractivity contribution in [1.82, 2.24) is 9.80 Å². The van der Waals surface area contributed by atoms with Gasteiger partial charge >= 0.3 is 0 Å². The maximum absolute atomic E-state index is 5.12. The molecule has 0 N–H and O–H groups in total. The molecule has 15 heavy (non-hydrogen) atoms. The summed E-state index contributed by atoms with van der Waals surface area (Å²) >= 11 is 0. The first-order chi connectivity index (χ1) is 7.40. The average Bonchev–Trinajstić information content (AvgIpc) is 2.80. The topological polar surface area (TPSA) is 15.7 Å². The first-order valence-electron chi connectivity index (χ1n) is 6.35. The minimum Gasteiger partial charge on any atom is -0.383 e. The zero-order chi connectivity index (χ0) is 10.5. The van der Waals surface area contributed by atoms with E-state index in [9.17, 15) is 0 Å². The Labute approximate surface area is 93.4 Å². The van der Waals surface area contributed by atoms with Gasteiger partial charge in [-0.1, -0.05) is 12.8 Å². The second-order valence-electron chi connectivity index (χ2n) is 4.81. The molecule has 1 saturated carbocycles. The van der Waals surface area contributed by atoms with Crippen molar-refractivity contribution in [1.29, 1.82) is 0 Å². The molecule has 0 atom stereocenters. The lowest BCUT2D eigenvalue weighted by Gasteiger charge is -2.37. The second-order valence-corrected chi connectivity index (χ2v) is 4.81. The van der Waals surface area contributed by atoms with Crippen molar-refractivity contribution in [3.63, 3.8) is 0 Å². The summed E-state index contributed by atoms with van der Waals surface area (Å²) in [6.07, 6.45) is 5.79. The van der Waals surface area contributed by atoms with Gasteiger partial charge in [0.05, 0.1) is 6.61 Å². The number of ether oxygens (including phenoxy) is 1. The number of hydrogen-bond donors (Lipinski definition) is 0. The maximum atomic E-state index is 5.12. The molecule has 0 unspecified atom stereocenters. The first kappa shape index (κ1) is 11.4. The van der Waals surface area contributed by atoms with E-state index < -0.39 is 0 Å². The fourth-order valence-corrected chi connectivity index (χ4v) is 2.84. The van der Waals surface area contributed by atoms with E-state index in [-0.39, 0.29) is 0 Å². The van der Waals surface area contributed by atoms with E-state index in [1.54, 1.807) is 7.11 Å². The zero-order valence-electron chi connectivity index (χ0n) is 9.95. The monoisotopic (exact) mass is 212 g/mol. The van der Waals surface area contributed by atoms with Crippen molar-refractivity contribution in [2.24, 2.45) is 0 Å². The molecule has 3 heteroatoms. The molecule has 0 aromatic rings. The third kappa shape index (κ3) is 3.16. The molecular weight excluding hydrogens is 188 g/mol. The molecule has 1 saturated heterocycles. The quantitative estimate of drug-likeness (QED) is 0.696. The van der Waals surface area contributed by atoms with E-state index in [0.717, 1.165) is 19.2 Å². The summed E-state index contributed by atoms with van der Waals surface area (Å²) in [7, 11) is 1.79. The number of rotatable bonds is 4. The number of hydrogen-bond acceptors (Lipinski definition) is 3. The predicted molar refractivity (Wildman–Crippen MR) is 62.1 cm³/mol. The summed E-state index contributed by atoms with van der Waals surface area (Å²) < 4.78 is 5.12. The Morgan fingerprint density at radius 3 is 2.33 bits per heavy atom. The summed E-state index contributed by atoms with van der Waals surface area (Å²) in [5.41, 5.74) is 0. The molecule has 1 aliphatic heterocycles. The molecule has 88 valence electrons. The van der Waals surface area contributed by atoms with Gasteiger partial charge in [0.25, 0.3) is 0 Å². The third-order valence-electron chi connectivity index (χ3n) is 3.86. The van der Waals surface area contributed by atoms with E-state index in [2.05, 4.69) is 9.80 Å². The molecule has 0 spiro atoms. The highest BCUT2D eigenvalue weighted by molar-refractivity contribution is 4.81. The van der Waals surface area contributed by atoms with Gasteiger partial charge in [-0.2, -0.15) is 0 Å². The van der Waals surface area contributed by atoms with Crippen LogP contribution in [0.25, 0.3) is 0 Å². The van der Waals surface area contributed by atoms with Crippen LogP contribution in [0.1, 0.15) is 25.7 Å². The summed E-state index contributed by atoms with van der Waals surface area (Å²) in [5.74, 6) is 0. The Morgan fingerprint density at radius 1 is 1.07 bits per heavy atom. The van der Waals surface area contributed by atoms with Crippen LogP contribution in [0.2, 0.25) is 0 Å². The van der Waals surface area contributed by atoms with Gasteiger partial charge < -0.3 is 4.74 Å². The molecular formula is C12H24N2O. The van der Waals surface area contributed by atoms with Crippen LogP contribution < -0.4 is 0 Å². The van der Waals surface area contributed by atoms with Crippen molar-refractivity contribution in [2.75, 3.05) is 46.4 Å². The largest absolute Gasteiger partial charge is 0.383 e. The van der Waals surface area contributed by atoms with E-state index >= 15 is 0 Å². The molecule has 1 aliphatic carbocycles. The summed E-state index contributed by atoms with van der Waals surface area (Å²) in [6.45, 7) is 7.00. The van der Waals surface area contributed by atoms with Gasteiger partial charge in [-0.05, 0) is 12.8 Å². The van der Waals surface area contributed by atoms with Gasteiger partial charge in [0, 0.05) is 45.9 Å². The molecule has 2 aliphatic rings. The van der Waals surface area contributed by atoms with Crippen LogP contribution in [0.3, 0.4) is 0 Å². The summed E-state index contributed by atoms with van der Waals surface area (Å²) in [4.78, 5) is 5.23. The van der Waals surface area contributed by atoms with E-state index in [1.165, 1.54) is 51.9 Å². The van der Waals surface area contributed by atoms with Crippen molar-refractivity contribution < 1.29 is 4.74 Å². The number of nitrogens with zero attached hydrogens (tertiary/aromatic N) is 2. The molecule has 3 nitrogen and oxygen atoms in total. The van der Waals surface area contributed by atoms with Crippen LogP contribution in [0.4, 0.5) is 0 Å². The fraction of sp³-hybridized carbons (Fsp3) is 1.00. The van der Waals surface area contributed by atoms with Gasteiger partial charge in [0.2, 0.25) is 0 Å². The number of piperazine rings is 1. The fourth-order valence-electron chi connectivity index (χ4n) is 2.84. The van der Waals surface area contributed by atoms with Crippen LogP contribution in [-0.4, -0.2) is 62.3 Å². The highest BCUT2D eigenvalue weighted by Gasteiger charge is 2.25. The predicted octanol–water partition coefficient (Wildman–Crippen LogP) is 1.19. The van der Waals surface area contributed by atoms with Crippen LogP contribution in [0, 0.1) is 0 Å². The van der Waals surface area contributed by atoms with E-state index in [0.29, 0.717) is 0 Å². The number of methoxy groups -OCH3 is 1. The van der Waals surface area contributed by atoms with Crippen molar-refractivity contribution in [2.45, 2.75) is 31.7 Å². The van der Waals surface area contributed by atoms with Crippen molar-refractivity contribution >= 4 is 0 Å². The van der Waals surface area contributed by atoms with Crippen LogP contribution in [0.5, 0.6) is 0 Å². The van der Waals surface area contributed by atoms with E-state index in [4.69, 9.17) is 4.74 Å². The molecule has 2 rings (SSSR count). The first-order valence-corrected chi connectivity index (χ1v) is 6.35. The maximum Gasteiger partial charge on any atom is 0.0589 e. The minimum atomic E-state index is 0.878. The zero-order valence-corrected chi connectivity index (χ0v) is 9.95. The molecule has 1 heterocycles. The van der Waals surface area contributed by atoms with Gasteiger partial charge in [-0.3, -0.25) is 9.80 Å². The minimum absolute atomic E-state index is 0.878. The van der Waals surface area contributed by atoms with Crippen molar-refractivity contribution in [3.05, 3.63) is 0 Å². The molecule has 2 fully saturated rings. The Bertz CT molecular complexity index is 172. The van der Waals surface area contributed by atoms with Gasteiger partial charge in [-0.15, -0.1) is 0 Å². The molecule has 0 aromatic heterocycles. The molecule has 0 bridgehead atoms. The SMILES string of the molecule is COCCN1CCN(C2CCCC2)CC1. The third-order valence-corrected chi connectivity index (χ3v) is 3.86. The van der Waals surface area contributed by atoms with Gasteiger partial charge in [0.1, 0.15) is 0 Å².